The van der Waals surface area contributed by atoms with Crippen molar-refractivity contribution in [3.63, 3.8) is 0 Å². The normalized spacial score (nSPS) is 16.6. The molecule has 1 fully saturated rings. The van der Waals surface area contributed by atoms with Crippen molar-refractivity contribution in [3.8, 4) is 11.5 Å². The number of nitrogens with one attached hydrogen (secondary N) is 1. The summed E-state index contributed by atoms with van der Waals surface area (Å²) >= 11 is 0. The van der Waals surface area contributed by atoms with Crippen LogP contribution < -0.4 is 26.5 Å². The number of aromatic nitrogens is 2. The van der Waals surface area contributed by atoms with Gasteiger partial charge < -0.3 is 15.2 Å². The highest BCUT2D eigenvalue weighted by atomic mass is 16.5. The third-order valence-electron chi connectivity index (χ3n) is 5.48. The van der Waals surface area contributed by atoms with Crippen molar-refractivity contribution in [1.29, 1.82) is 0 Å². The highest BCUT2D eigenvalue weighted by Crippen LogP contribution is 2.38. The molecule has 0 spiro atoms. The van der Waals surface area contributed by atoms with Crippen LogP contribution in [0.5, 0.6) is 11.5 Å². The smallest absolute Gasteiger partial charge is 0.329 e. The molecule has 1 aliphatic heterocycles. The lowest BCUT2D eigenvalue weighted by Crippen LogP contribution is -2.39. The molecule has 1 aromatic heterocycles. The zero-order valence-electron chi connectivity index (χ0n) is 17.6. The molecular weight excluding hydrogens is 388 g/mol. The number of ether oxygens (including phenoxy) is 2. The molecule has 2 heterocycles. The Morgan fingerprint density at radius 2 is 2.03 bits per heavy atom. The first-order chi connectivity index (χ1) is 14.4. The first kappa shape index (κ1) is 21.6. The molecule has 9 nitrogen and oxygen atoms in total. The maximum Gasteiger partial charge on any atom is 0.329 e. The Bertz CT molecular complexity index is 1040. The van der Waals surface area contributed by atoms with E-state index < -0.39 is 17.0 Å². The molecule has 0 bridgehead atoms. The number of rotatable bonds is 8. The SMILES string of the molecule is CCCn1c(N)c(C(=O)CN2CCCC2c2ccc(OC)cc2OC)c(=O)[nH]c1=O. The van der Waals surface area contributed by atoms with Gasteiger partial charge in [-0.3, -0.25) is 24.0 Å². The molecule has 9 heteroatoms. The summed E-state index contributed by atoms with van der Waals surface area (Å²) in [6.07, 6.45) is 2.42. The average Bonchev–Trinajstić information content (AvgIpc) is 3.18. The fraction of sp³-hybridized carbons (Fsp3) is 0.476. The molecule has 1 unspecified atom stereocenters. The van der Waals surface area contributed by atoms with Gasteiger partial charge in [-0.25, -0.2) is 4.79 Å². The number of Topliss-reactive ketones (excluding diaryl/α,β-unsaturated/α-hetero) is 1. The van der Waals surface area contributed by atoms with Gasteiger partial charge in [0, 0.05) is 24.2 Å². The van der Waals surface area contributed by atoms with E-state index >= 15 is 0 Å². The second-order valence-electron chi connectivity index (χ2n) is 7.33. The van der Waals surface area contributed by atoms with Gasteiger partial charge in [0.1, 0.15) is 22.9 Å². The Hall–Kier alpha value is -3.07. The van der Waals surface area contributed by atoms with Gasteiger partial charge >= 0.3 is 5.69 Å². The second-order valence-corrected chi connectivity index (χ2v) is 7.33. The second kappa shape index (κ2) is 9.17. The number of nitrogens with two attached hydrogens (primary N) is 1. The van der Waals surface area contributed by atoms with Gasteiger partial charge in [0.05, 0.1) is 20.8 Å². The number of hydrogen-bond donors (Lipinski definition) is 2. The van der Waals surface area contributed by atoms with Crippen LogP contribution in [-0.4, -0.2) is 47.5 Å². The van der Waals surface area contributed by atoms with E-state index in [-0.39, 0.29) is 24.0 Å². The van der Waals surface area contributed by atoms with Crippen LogP contribution in [0.25, 0.3) is 0 Å². The molecule has 0 amide bonds. The van der Waals surface area contributed by atoms with Crippen molar-refractivity contribution in [1.82, 2.24) is 14.5 Å². The predicted octanol–water partition coefficient (Wildman–Crippen LogP) is 1.57. The van der Waals surface area contributed by atoms with Crippen LogP contribution in [0.4, 0.5) is 5.82 Å². The van der Waals surface area contributed by atoms with E-state index in [1.165, 1.54) is 4.57 Å². The molecule has 1 aromatic carbocycles. The summed E-state index contributed by atoms with van der Waals surface area (Å²) in [5.41, 5.74) is 5.50. The monoisotopic (exact) mass is 416 g/mol. The molecule has 2 aromatic rings. The van der Waals surface area contributed by atoms with Crippen molar-refractivity contribution < 1.29 is 14.3 Å². The number of carbonyl (C=O) groups excluding carboxylic acids is 1. The Morgan fingerprint density at radius 3 is 2.70 bits per heavy atom. The van der Waals surface area contributed by atoms with E-state index in [4.69, 9.17) is 15.2 Å². The minimum atomic E-state index is -0.743. The molecule has 1 atom stereocenters. The summed E-state index contributed by atoms with van der Waals surface area (Å²) in [6, 6.07) is 5.58. The number of nitrogen functional groups attached to an aromatic ring is 1. The standard InChI is InChI=1S/C21H28N4O5/c1-4-9-25-19(22)18(20(27)23-21(25)28)16(26)12-24-10-5-6-15(24)14-8-7-13(29-2)11-17(14)30-3/h7-8,11,15H,4-6,9-10,12,22H2,1-3H3,(H,23,27,28). The fourth-order valence-electron chi connectivity index (χ4n) is 4.03. The van der Waals surface area contributed by atoms with Crippen LogP contribution in [0.1, 0.15) is 48.1 Å². The summed E-state index contributed by atoms with van der Waals surface area (Å²) < 4.78 is 12.0. The molecule has 1 aliphatic rings. The lowest BCUT2D eigenvalue weighted by molar-refractivity contribution is 0.0919. The largest absolute Gasteiger partial charge is 0.497 e. The van der Waals surface area contributed by atoms with Crippen LogP contribution in [0.3, 0.4) is 0 Å². The minimum absolute atomic E-state index is 0.0253. The number of hydrogen-bond acceptors (Lipinski definition) is 7. The lowest BCUT2D eigenvalue weighted by Gasteiger charge is -2.26. The Kier molecular flexibility index (Phi) is 6.61. The third kappa shape index (κ3) is 4.11. The quantitative estimate of drug-likeness (QED) is 0.627. The lowest BCUT2D eigenvalue weighted by atomic mass is 10.0. The maximum absolute atomic E-state index is 13.0. The Morgan fingerprint density at radius 1 is 1.27 bits per heavy atom. The molecule has 1 saturated heterocycles. The Balaban J connectivity index is 1.90. The molecule has 0 radical (unpaired) electrons. The van der Waals surface area contributed by atoms with Crippen LogP contribution in [0, 0.1) is 0 Å². The van der Waals surface area contributed by atoms with E-state index in [0.717, 1.165) is 18.4 Å². The number of carbonyl (C=O) groups is 1. The first-order valence-electron chi connectivity index (χ1n) is 10.0. The van der Waals surface area contributed by atoms with E-state index in [0.29, 0.717) is 31.0 Å². The number of H-pyrrole nitrogens is 1. The van der Waals surface area contributed by atoms with E-state index in [2.05, 4.69) is 4.98 Å². The highest BCUT2D eigenvalue weighted by Gasteiger charge is 2.31. The van der Waals surface area contributed by atoms with E-state index in [9.17, 15) is 14.4 Å². The summed E-state index contributed by atoms with van der Waals surface area (Å²) in [4.78, 5) is 41.6. The number of benzene rings is 1. The number of methoxy groups -OCH3 is 2. The van der Waals surface area contributed by atoms with Crippen molar-refractivity contribution in [2.45, 2.75) is 38.8 Å². The van der Waals surface area contributed by atoms with E-state index in [1.807, 2.05) is 30.0 Å². The Labute approximate surface area is 174 Å². The van der Waals surface area contributed by atoms with Crippen LogP contribution >= 0.6 is 0 Å². The number of anilines is 1. The average molecular weight is 416 g/mol. The third-order valence-corrected chi connectivity index (χ3v) is 5.48. The van der Waals surface area contributed by atoms with Crippen LogP contribution in [-0.2, 0) is 6.54 Å². The van der Waals surface area contributed by atoms with Gasteiger partial charge in [-0.15, -0.1) is 0 Å². The summed E-state index contributed by atoms with van der Waals surface area (Å²) in [7, 11) is 3.19. The van der Waals surface area contributed by atoms with Gasteiger partial charge in [-0.2, -0.15) is 0 Å². The summed E-state index contributed by atoms with van der Waals surface area (Å²) in [6.45, 7) is 2.95. The fourth-order valence-corrected chi connectivity index (χ4v) is 4.03. The molecule has 3 rings (SSSR count). The summed E-state index contributed by atoms with van der Waals surface area (Å²) in [5.74, 6) is 0.896. The number of ketones is 1. The van der Waals surface area contributed by atoms with Crippen molar-refractivity contribution in [2.75, 3.05) is 33.0 Å². The first-order valence-corrected chi connectivity index (χ1v) is 10.0. The van der Waals surface area contributed by atoms with E-state index in [1.54, 1.807) is 14.2 Å². The molecule has 0 aliphatic carbocycles. The van der Waals surface area contributed by atoms with Crippen molar-refractivity contribution in [2.24, 2.45) is 0 Å². The number of likely N-dealkylation sites (tertiary alicyclic amines) is 1. The molecule has 3 N–H and O–H groups in total. The van der Waals surface area contributed by atoms with Gasteiger partial charge in [0.15, 0.2) is 5.78 Å². The van der Waals surface area contributed by atoms with Crippen molar-refractivity contribution >= 4 is 11.6 Å². The van der Waals surface area contributed by atoms with Gasteiger partial charge in [0.2, 0.25) is 0 Å². The zero-order valence-corrected chi connectivity index (χ0v) is 17.6. The highest BCUT2D eigenvalue weighted by molar-refractivity contribution is 6.01. The van der Waals surface area contributed by atoms with Gasteiger partial charge in [-0.1, -0.05) is 13.0 Å². The molecule has 162 valence electrons. The molecule has 0 saturated carbocycles. The number of nitrogens with zero attached hydrogens (tertiary/aromatic N) is 2. The topological polar surface area (TPSA) is 120 Å². The molecular formula is C21H28N4O5. The predicted molar refractivity (Wildman–Crippen MR) is 113 cm³/mol. The maximum atomic E-state index is 13.0. The number of aromatic amines is 1. The van der Waals surface area contributed by atoms with Gasteiger partial charge in [0.25, 0.3) is 5.56 Å². The van der Waals surface area contributed by atoms with Crippen LogP contribution in [0.15, 0.2) is 27.8 Å². The summed E-state index contributed by atoms with van der Waals surface area (Å²) in [5, 5.41) is 0. The minimum Gasteiger partial charge on any atom is -0.497 e. The van der Waals surface area contributed by atoms with Crippen molar-refractivity contribution in [3.05, 3.63) is 50.2 Å². The van der Waals surface area contributed by atoms with Crippen LogP contribution in [0.2, 0.25) is 0 Å². The van der Waals surface area contributed by atoms with Gasteiger partial charge in [-0.05, 0) is 31.9 Å². The molecule has 30 heavy (non-hydrogen) atoms. The zero-order chi connectivity index (χ0) is 21.8.